The standard InChI is InChI=1S/C30H35N9O4.ClH/c1-37-17-24(28(41)38(2)30(37)43)20-7-3-18(4-8-20)15-25(32)29(42)39(27(40)22-9-5-19(16-31)6-10-22)23-13-11-21(12-14-23)26-33-35-36-34-26;/h3-4,7-8,11-14,17,19,22,25H,5-6,9-10,15-16,31-32H2,1-2H3,(H,33,34,35,36);1H/t19-,22-,25-;/m0./s1. The van der Waals surface area contributed by atoms with Gasteiger partial charge in [-0.1, -0.05) is 24.3 Å². The number of carbonyl (C=O) groups is 2. The second kappa shape index (κ2) is 13.9. The number of rotatable bonds is 8. The summed E-state index contributed by atoms with van der Waals surface area (Å²) in [4.78, 5) is 53.6. The Morgan fingerprint density at radius 3 is 2.23 bits per heavy atom. The quantitative estimate of drug-likeness (QED) is 0.262. The van der Waals surface area contributed by atoms with Crippen molar-refractivity contribution < 1.29 is 9.59 Å². The minimum Gasteiger partial charge on any atom is -0.330 e. The van der Waals surface area contributed by atoms with Gasteiger partial charge in [0.2, 0.25) is 11.7 Å². The topological polar surface area (TPSA) is 188 Å². The lowest BCUT2D eigenvalue weighted by molar-refractivity contribution is -0.130. The number of nitrogens with zero attached hydrogens (tertiary/aromatic N) is 6. The van der Waals surface area contributed by atoms with Gasteiger partial charge < -0.3 is 16.0 Å². The molecule has 14 heteroatoms. The van der Waals surface area contributed by atoms with Gasteiger partial charge in [0.05, 0.1) is 17.3 Å². The summed E-state index contributed by atoms with van der Waals surface area (Å²) in [6.07, 6.45) is 4.67. The third-order valence-corrected chi connectivity index (χ3v) is 8.18. The van der Waals surface area contributed by atoms with Gasteiger partial charge in [-0.25, -0.2) is 9.69 Å². The molecule has 2 aromatic heterocycles. The number of amides is 2. The minimum atomic E-state index is -1.00. The van der Waals surface area contributed by atoms with Crippen molar-refractivity contribution in [2.24, 2.45) is 37.4 Å². The Kier molecular flexibility index (Phi) is 10.2. The van der Waals surface area contributed by atoms with Crippen LogP contribution in [0.5, 0.6) is 0 Å². The van der Waals surface area contributed by atoms with Crippen LogP contribution in [0.15, 0.2) is 64.3 Å². The van der Waals surface area contributed by atoms with Crippen LogP contribution >= 0.6 is 12.4 Å². The van der Waals surface area contributed by atoms with Crippen molar-refractivity contribution in [2.75, 3.05) is 11.4 Å². The van der Waals surface area contributed by atoms with E-state index >= 15 is 0 Å². The van der Waals surface area contributed by atoms with E-state index in [2.05, 4.69) is 20.6 Å². The summed E-state index contributed by atoms with van der Waals surface area (Å²) in [5.74, 6) is -0.307. The molecule has 5 rings (SSSR count). The fourth-order valence-corrected chi connectivity index (χ4v) is 5.57. The maximum atomic E-state index is 13.9. The number of aryl methyl sites for hydroxylation is 1. The lowest BCUT2D eigenvalue weighted by Gasteiger charge is -2.32. The first-order valence-corrected chi connectivity index (χ1v) is 14.2. The summed E-state index contributed by atoms with van der Waals surface area (Å²) < 4.78 is 2.41. The molecule has 2 aromatic carbocycles. The molecule has 0 unspecified atom stereocenters. The van der Waals surface area contributed by atoms with Crippen molar-refractivity contribution in [1.29, 1.82) is 0 Å². The van der Waals surface area contributed by atoms with Crippen LogP contribution in [0.25, 0.3) is 22.5 Å². The van der Waals surface area contributed by atoms with E-state index in [0.29, 0.717) is 53.5 Å². The fraction of sp³-hybridized carbons (Fsp3) is 0.367. The summed E-state index contributed by atoms with van der Waals surface area (Å²) in [6.45, 7) is 0.585. The summed E-state index contributed by atoms with van der Waals surface area (Å²) >= 11 is 0. The van der Waals surface area contributed by atoms with E-state index in [1.54, 1.807) is 55.6 Å². The van der Waals surface area contributed by atoms with Crippen molar-refractivity contribution in [3.63, 3.8) is 0 Å². The van der Waals surface area contributed by atoms with Gasteiger partial charge in [-0.3, -0.25) is 19.0 Å². The van der Waals surface area contributed by atoms with Crippen LogP contribution in [0.3, 0.4) is 0 Å². The van der Waals surface area contributed by atoms with E-state index < -0.39 is 23.2 Å². The van der Waals surface area contributed by atoms with Crippen LogP contribution in [0.2, 0.25) is 0 Å². The number of nitrogens with two attached hydrogens (primary N) is 2. The highest BCUT2D eigenvalue weighted by Crippen LogP contribution is 2.32. The monoisotopic (exact) mass is 621 g/mol. The average Bonchev–Trinajstić information content (AvgIpc) is 3.58. The predicted molar refractivity (Wildman–Crippen MR) is 168 cm³/mol. The Morgan fingerprint density at radius 2 is 1.64 bits per heavy atom. The maximum absolute atomic E-state index is 13.9. The second-order valence-corrected chi connectivity index (χ2v) is 11.1. The zero-order chi connectivity index (χ0) is 30.7. The number of hydrogen-bond acceptors (Lipinski definition) is 9. The number of tetrazole rings is 1. The summed E-state index contributed by atoms with van der Waals surface area (Å²) in [5, 5.41) is 13.9. The highest BCUT2D eigenvalue weighted by Gasteiger charge is 2.35. The Hall–Kier alpha value is -4.46. The van der Waals surface area contributed by atoms with Crippen molar-refractivity contribution in [3.05, 3.63) is 81.1 Å². The van der Waals surface area contributed by atoms with Crippen LogP contribution in [-0.4, -0.2) is 54.2 Å². The molecule has 1 aliphatic rings. The smallest absolute Gasteiger partial charge is 0.330 e. The van der Waals surface area contributed by atoms with Crippen LogP contribution in [-0.2, 0) is 30.1 Å². The molecule has 1 saturated carbocycles. The van der Waals surface area contributed by atoms with Gasteiger partial charge in [0.25, 0.3) is 11.5 Å². The van der Waals surface area contributed by atoms with E-state index in [4.69, 9.17) is 11.5 Å². The van der Waals surface area contributed by atoms with Crippen LogP contribution in [0.4, 0.5) is 5.69 Å². The Balaban J connectivity index is 0.00000442. The summed E-state index contributed by atoms with van der Waals surface area (Å²) in [5.41, 5.74) is 14.3. The number of H-pyrrole nitrogens is 1. The minimum absolute atomic E-state index is 0. The molecule has 232 valence electrons. The predicted octanol–water partition coefficient (Wildman–Crippen LogP) is 1.55. The molecule has 4 aromatic rings. The molecule has 2 heterocycles. The van der Waals surface area contributed by atoms with Gasteiger partial charge >= 0.3 is 5.69 Å². The van der Waals surface area contributed by atoms with Gasteiger partial charge in [-0.2, -0.15) is 5.21 Å². The molecule has 2 amide bonds. The van der Waals surface area contributed by atoms with E-state index in [-0.39, 0.29) is 30.7 Å². The first kappa shape index (κ1) is 32.5. The molecular formula is C30H36ClN9O4. The number of hydrogen-bond donors (Lipinski definition) is 3. The van der Waals surface area contributed by atoms with E-state index in [0.717, 1.165) is 23.0 Å². The van der Waals surface area contributed by atoms with Crippen molar-refractivity contribution in [2.45, 2.75) is 38.1 Å². The van der Waals surface area contributed by atoms with Crippen LogP contribution in [0, 0.1) is 11.8 Å². The molecule has 1 fully saturated rings. The number of benzene rings is 2. The van der Waals surface area contributed by atoms with Crippen molar-refractivity contribution >= 4 is 29.9 Å². The zero-order valence-electron chi connectivity index (χ0n) is 24.6. The molecule has 0 bridgehead atoms. The van der Waals surface area contributed by atoms with Gasteiger partial charge in [0, 0.05) is 31.8 Å². The van der Waals surface area contributed by atoms with Gasteiger partial charge in [0.15, 0.2) is 0 Å². The molecule has 0 spiro atoms. The SMILES string of the molecule is Cl.Cn1cc(-c2ccc(C[C@H](N)C(=O)N(c3ccc(-c4nn[nH]n4)cc3)C(=O)[C@H]3CC[C@H](CN)CC3)cc2)c(=O)n(C)c1=O. The lowest BCUT2D eigenvalue weighted by atomic mass is 9.81. The third kappa shape index (κ3) is 6.69. The average molecular weight is 622 g/mol. The molecular weight excluding hydrogens is 586 g/mol. The van der Waals surface area contributed by atoms with Crippen LogP contribution in [0.1, 0.15) is 31.2 Å². The third-order valence-electron chi connectivity index (χ3n) is 8.18. The number of aromatic nitrogens is 6. The molecule has 0 aliphatic heterocycles. The van der Waals surface area contributed by atoms with E-state index in [1.807, 2.05) is 0 Å². The Morgan fingerprint density at radius 1 is 1.00 bits per heavy atom. The highest BCUT2D eigenvalue weighted by molar-refractivity contribution is 6.17. The molecule has 44 heavy (non-hydrogen) atoms. The molecule has 0 radical (unpaired) electrons. The first-order valence-electron chi connectivity index (χ1n) is 14.2. The molecule has 1 aliphatic carbocycles. The number of aromatic amines is 1. The first-order chi connectivity index (χ1) is 20.7. The highest BCUT2D eigenvalue weighted by atomic mass is 35.5. The number of anilines is 1. The van der Waals surface area contributed by atoms with Gasteiger partial charge in [0.1, 0.15) is 0 Å². The Labute approximate surface area is 259 Å². The number of carbonyl (C=O) groups excluding carboxylic acids is 2. The maximum Gasteiger partial charge on any atom is 0.330 e. The van der Waals surface area contributed by atoms with E-state index in [9.17, 15) is 19.2 Å². The largest absolute Gasteiger partial charge is 0.330 e. The summed E-state index contributed by atoms with van der Waals surface area (Å²) in [7, 11) is 3.02. The normalized spacial score (nSPS) is 17.0. The summed E-state index contributed by atoms with van der Waals surface area (Å²) in [6, 6.07) is 12.9. The van der Waals surface area contributed by atoms with Gasteiger partial charge in [-0.15, -0.1) is 22.6 Å². The van der Waals surface area contributed by atoms with E-state index in [1.165, 1.54) is 22.7 Å². The van der Waals surface area contributed by atoms with Crippen molar-refractivity contribution in [3.8, 4) is 22.5 Å². The number of imide groups is 1. The second-order valence-electron chi connectivity index (χ2n) is 11.1. The number of halogens is 1. The zero-order valence-corrected chi connectivity index (χ0v) is 25.4. The lowest BCUT2D eigenvalue weighted by Crippen LogP contribution is -2.50. The van der Waals surface area contributed by atoms with Crippen molar-refractivity contribution in [1.82, 2.24) is 29.8 Å². The molecule has 1 atom stereocenters. The van der Waals surface area contributed by atoms with Gasteiger partial charge in [-0.05, 0) is 85.2 Å². The number of nitrogens with one attached hydrogen (secondary N) is 1. The Bertz CT molecular complexity index is 1710. The molecule has 5 N–H and O–H groups in total. The molecule has 0 saturated heterocycles. The molecule has 13 nitrogen and oxygen atoms in total. The fourth-order valence-electron chi connectivity index (χ4n) is 5.57. The van der Waals surface area contributed by atoms with Crippen LogP contribution < -0.4 is 27.6 Å².